The van der Waals surface area contributed by atoms with Crippen LogP contribution >= 0.6 is 15.9 Å². The van der Waals surface area contributed by atoms with Gasteiger partial charge in [-0.2, -0.15) is 0 Å². The van der Waals surface area contributed by atoms with Gasteiger partial charge < -0.3 is 9.64 Å². The average Bonchev–Trinajstić information content (AvgIpc) is 2.46. The van der Waals surface area contributed by atoms with Gasteiger partial charge in [-0.25, -0.2) is 0 Å². The molecule has 0 radical (unpaired) electrons. The maximum absolute atomic E-state index is 12.2. The van der Waals surface area contributed by atoms with Gasteiger partial charge in [0.1, 0.15) is 0 Å². The topological polar surface area (TPSA) is 29.5 Å². The lowest BCUT2D eigenvalue weighted by Crippen LogP contribution is -2.46. The third-order valence-electron chi connectivity index (χ3n) is 3.53. The van der Waals surface area contributed by atoms with Crippen LogP contribution in [0, 0.1) is 6.92 Å². The van der Waals surface area contributed by atoms with Crippen molar-refractivity contribution in [2.24, 2.45) is 0 Å². The summed E-state index contributed by atoms with van der Waals surface area (Å²) in [6, 6.07) is 8.25. The van der Waals surface area contributed by atoms with Crippen molar-refractivity contribution in [1.29, 1.82) is 0 Å². The smallest absolute Gasteiger partial charge is 0.223 e. The number of carbonyl (C=O) groups is 1. The highest BCUT2D eigenvalue weighted by Crippen LogP contribution is 2.13. The molecule has 3 nitrogen and oxygen atoms in total. The van der Waals surface area contributed by atoms with Crippen LogP contribution in [0.25, 0.3) is 0 Å². The molecule has 1 aliphatic rings. The first-order valence-corrected chi connectivity index (χ1v) is 7.82. The van der Waals surface area contributed by atoms with E-state index in [9.17, 15) is 4.79 Å². The quantitative estimate of drug-likeness (QED) is 0.796. The number of aryl methyl sites for hydroxylation is 2. The van der Waals surface area contributed by atoms with E-state index < -0.39 is 0 Å². The summed E-state index contributed by atoms with van der Waals surface area (Å²) in [6.45, 7) is 4.16. The molecule has 0 aromatic heterocycles. The fourth-order valence-electron chi connectivity index (χ4n) is 2.33. The Hall–Kier alpha value is -0.870. The van der Waals surface area contributed by atoms with Gasteiger partial charge >= 0.3 is 0 Å². The van der Waals surface area contributed by atoms with Crippen LogP contribution in [0.4, 0.5) is 0 Å². The Balaban J connectivity index is 1.86. The summed E-state index contributed by atoms with van der Waals surface area (Å²) in [5.74, 6) is 0.234. The van der Waals surface area contributed by atoms with Gasteiger partial charge in [-0.15, -0.1) is 0 Å². The summed E-state index contributed by atoms with van der Waals surface area (Å²) >= 11 is 3.41. The van der Waals surface area contributed by atoms with Gasteiger partial charge in [0.25, 0.3) is 0 Å². The molecule has 19 heavy (non-hydrogen) atoms. The zero-order valence-corrected chi connectivity index (χ0v) is 12.9. The molecule has 1 saturated heterocycles. The molecule has 0 bridgehead atoms. The molecular weight excluding hydrogens is 306 g/mol. The molecule has 1 atom stereocenters. The Morgan fingerprint density at radius 1 is 1.47 bits per heavy atom. The Morgan fingerprint density at radius 2 is 2.26 bits per heavy atom. The predicted molar refractivity (Wildman–Crippen MR) is 79.6 cm³/mol. The minimum absolute atomic E-state index is 0.135. The lowest BCUT2D eigenvalue weighted by Gasteiger charge is -2.32. The number of morpholine rings is 1. The SMILES string of the molecule is Cc1ccccc1CCC(=O)N1CCOC(CBr)C1. The highest BCUT2D eigenvalue weighted by molar-refractivity contribution is 9.09. The second kappa shape index (κ2) is 7.06. The largest absolute Gasteiger partial charge is 0.374 e. The standard InChI is InChI=1S/C15H20BrNO2/c1-12-4-2-3-5-13(12)6-7-15(18)17-8-9-19-14(10-16)11-17/h2-5,14H,6-11H2,1H3. The molecule has 1 aromatic rings. The first-order valence-electron chi connectivity index (χ1n) is 6.70. The zero-order chi connectivity index (χ0) is 13.7. The number of alkyl halides is 1. The number of rotatable bonds is 4. The minimum Gasteiger partial charge on any atom is -0.374 e. The maximum atomic E-state index is 12.2. The van der Waals surface area contributed by atoms with Crippen LogP contribution in [-0.4, -0.2) is 41.9 Å². The lowest BCUT2D eigenvalue weighted by molar-refractivity contribution is -0.137. The molecule has 104 valence electrons. The summed E-state index contributed by atoms with van der Waals surface area (Å²) in [7, 11) is 0. The summed E-state index contributed by atoms with van der Waals surface area (Å²) in [5.41, 5.74) is 2.52. The minimum atomic E-state index is 0.135. The predicted octanol–water partition coefficient (Wildman–Crippen LogP) is 2.55. The molecule has 0 spiro atoms. The normalized spacial score (nSPS) is 19.5. The first kappa shape index (κ1) is 14.5. The van der Waals surface area contributed by atoms with Gasteiger partial charge in [0, 0.05) is 24.8 Å². The molecule has 2 rings (SSSR count). The number of carbonyl (C=O) groups excluding carboxylic acids is 1. The van der Waals surface area contributed by atoms with Crippen molar-refractivity contribution in [2.75, 3.05) is 25.0 Å². The molecule has 4 heteroatoms. The number of amides is 1. The third kappa shape index (κ3) is 4.05. The fourth-order valence-corrected chi connectivity index (χ4v) is 2.72. The van der Waals surface area contributed by atoms with Crippen LogP contribution in [-0.2, 0) is 16.0 Å². The first-order chi connectivity index (χ1) is 9.20. The van der Waals surface area contributed by atoms with E-state index in [2.05, 4.69) is 35.0 Å². The number of ether oxygens (including phenoxy) is 1. The molecule has 0 N–H and O–H groups in total. The van der Waals surface area contributed by atoms with Gasteiger partial charge in [0.15, 0.2) is 0 Å². The Morgan fingerprint density at radius 3 is 3.00 bits per heavy atom. The van der Waals surface area contributed by atoms with E-state index in [0.29, 0.717) is 19.6 Å². The Kier molecular flexibility index (Phi) is 5.40. The van der Waals surface area contributed by atoms with Crippen LogP contribution < -0.4 is 0 Å². The van der Waals surface area contributed by atoms with Gasteiger partial charge in [-0.05, 0) is 24.5 Å². The van der Waals surface area contributed by atoms with E-state index in [1.165, 1.54) is 11.1 Å². The van der Waals surface area contributed by atoms with Crippen molar-refractivity contribution in [1.82, 2.24) is 4.90 Å². The zero-order valence-electron chi connectivity index (χ0n) is 11.3. The van der Waals surface area contributed by atoms with E-state index >= 15 is 0 Å². The Bertz CT molecular complexity index is 436. The van der Waals surface area contributed by atoms with Crippen molar-refractivity contribution in [3.63, 3.8) is 0 Å². The highest BCUT2D eigenvalue weighted by Gasteiger charge is 2.23. The van der Waals surface area contributed by atoms with Crippen LogP contribution in [0.2, 0.25) is 0 Å². The Labute approximate surface area is 123 Å². The summed E-state index contributed by atoms with van der Waals surface area (Å²) in [5, 5.41) is 0.786. The van der Waals surface area contributed by atoms with Crippen molar-refractivity contribution < 1.29 is 9.53 Å². The maximum Gasteiger partial charge on any atom is 0.223 e. The number of halogens is 1. The van der Waals surface area contributed by atoms with E-state index in [0.717, 1.165) is 18.3 Å². The monoisotopic (exact) mass is 325 g/mol. The second-order valence-electron chi connectivity index (χ2n) is 4.91. The van der Waals surface area contributed by atoms with Gasteiger partial charge in [-0.1, -0.05) is 40.2 Å². The molecule has 0 aliphatic carbocycles. The van der Waals surface area contributed by atoms with Crippen LogP contribution in [0.3, 0.4) is 0 Å². The number of nitrogens with zero attached hydrogens (tertiary/aromatic N) is 1. The van der Waals surface area contributed by atoms with Crippen molar-refractivity contribution in [2.45, 2.75) is 25.9 Å². The summed E-state index contributed by atoms with van der Waals surface area (Å²) < 4.78 is 5.55. The van der Waals surface area contributed by atoms with Crippen molar-refractivity contribution in [3.05, 3.63) is 35.4 Å². The third-order valence-corrected chi connectivity index (χ3v) is 4.26. The molecule has 1 aromatic carbocycles. The van der Waals surface area contributed by atoms with Crippen LogP contribution in [0.1, 0.15) is 17.5 Å². The lowest BCUT2D eigenvalue weighted by atomic mass is 10.0. The molecule has 1 amide bonds. The molecule has 1 fully saturated rings. The van der Waals surface area contributed by atoms with Crippen LogP contribution in [0.15, 0.2) is 24.3 Å². The van der Waals surface area contributed by atoms with Crippen LogP contribution in [0.5, 0.6) is 0 Å². The summed E-state index contributed by atoms with van der Waals surface area (Å²) in [4.78, 5) is 14.1. The van der Waals surface area contributed by atoms with Gasteiger partial charge in [0.05, 0.1) is 12.7 Å². The fraction of sp³-hybridized carbons (Fsp3) is 0.533. The molecule has 1 aliphatic heterocycles. The number of hydrogen-bond donors (Lipinski definition) is 0. The number of hydrogen-bond acceptors (Lipinski definition) is 2. The van der Waals surface area contributed by atoms with E-state index in [4.69, 9.17) is 4.74 Å². The molecule has 1 unspecified atom stereocenters. The van der Waals surface area contributed by atoms with Gasteiger partial charge in [0.2, 0.25) is 5.91 Å². The van der Waals surface area contributed by atoms with E-state index in [1.54, 1.807) is 0 Å². The van der Waals surface area contributed by atoms with E-state index in [1.807, 2.05) is 17.0 Å². The summed E-state index contributed by atoms with van der Waals surface area (Å²) in [6.07, 6.45) is 1.54. The average molecular weight is 326 g/mol. The molecular formula is C15H20BrNO2. The van der Waals surface area contributed by atoms with Gasteiger partial charge in [-0.3, -0.25) is 4.79 Å². The van der Waals surface area contributed by atoms with Crippen molar-refractivity contribution in [3.8, 4) is 0 Å². The van der Waals surface area contributed by atoms with E-state index in [-0.39, 0.29) is 12.0 Å². The second-order valence-corrected chi connectivity index (χ2v) is 5.56. The molecule has 1 heterocycles. The number of benzene rings is 1. The molecule has 0 saturated carbocycles. The highest BCUT2D eigenvalue weighted by atomic mass is 79.9. The van der Waals surface area contributed by atoms with Crippen molar-refractivity contribution >= 4 is 21.8 Å².